The number of azide groups is 2. The second-order valence-electron chi connectivity index (χ2n) is 39.3. The molecule has 7 atom stereocenters. The minimum Gasteiger partial charge on any atom is -0.504 e. The molecule has 149 heavy (non-hydrogen) atoms. The molecule has 0 spiro atoms. The van der Waals surface area contributed by atoms with Crippen LogP contribution in [0.1, 0.15) is 239 Å². The molecule has 0 bridgehead atoms. The van der Waals surface area contributed by atoms with Gasteiger partial charge >= 0.3 is 29.8 Å². The molecule has 3 unspecified atom stereocenters. The number of carbonyl (C=O) groups excluding carboxylic acids is 7. The first kappa shape index (κ1) is 115. The zero-order valence-corrected chi connectivity index (χ0v) is 88.8. The Balaban J connectivity index is 0.000000264. The number of aromatic hydroxyl groups is 4. The molecule has 18 rings (SSSR count). The van der Waals surface area contributed by atoms with Gasteiger partial charge < -0.3 is 59.6 Å². The van der Waals surface area contributed by atoms with Gasteiger partial charge in [-0.3, -0.25) is 52.6 Å². The maximum absolute atomic E-state index is 13.8. The lowest BCUT2D eigenvalue weighted by Crippen LogP contribution is -2.44. The van der Waals surface area contributed by atoms with Crippen LogP contribution in [0.25, 0.3) is 65.4 Å². The van der Waals surface area contributed by atoms with E-state index < -0.39 is 29.8 Å². The lowest BCUT2D eigenvalue weighted by atomic mass is 9.67. The number of rotatable bonds is 41. The van der Waals surface area contributed by atoms with E-state index in [0.29, 0.717) is 129 Å². The van der Waals surface area contributed by atoms with E-state index in [1.807, 2.05) is 54.6 Å². The van der Waals surface area contributed by atoms with Crippen LogP contribution in [-0.2, 0) is 116 Å². The molecule has 8 aromatic carbocycles. The van der Waals surface area contributed by atoms with Crippen molar-refractivity contribution in [1.29, 1.82) is 0 Å². The lowest BCUT2D eigenvalue weighted by molar-refractivity contribution is -0.137. The molecule has 6 N–H and O–H groups in total. The number of fused-ring (bicyclic) bond motifs is 8. The third kappa shape index (κ3) is 27.7. The van der Waals surface area contributed by atoms with E-state index in [1.165, 1.54) is 69.1 Å². The number of nitrogens with zero attached hydrogens (tertiary/aromatic N) is 15. The Labute approximate surface area is 896 Å². The maximum atomic E-state index is 13.8. The van der Waals surface area contributed by atoms with Gasteiger partial charge in [-0.25, -0.2) is 0 Å². The molecule has 8 aliphatic rings. The molecule has 0 saturated heterocycles. The summed E-state index contributed by atoms with van der Waals surface area (Å²) in [5.74, 6) is 1.65. The molecule has 0 saturated carbocycles. The Morgan fingerprint density at radius 2 is 0.866 bits per heavy atom. The number of esters is 4. The summed E-state index contributed by atoms with van der Waals surface area (Å²) in [7, 11) is 2.14. The fourth-order valence-electron chi connectivity index (χ4n) is 22.3. The van der Waals surface area contributed by atoms with Gasteiger partial charge in [0.15, 0.2) is 46.0 Å². The van der Waals surface area contributed by atoms with E-state index in [0.717, 1.165) is 131 Å². The molecular weight excluding hydrogens is 2000 g/mol. The number of aryl methyl sites for hydroxylation is 7. The third-order valence-corrected chi connectivity index (χ3v) is 30.8. The van der Waals surface area contributed by atoms with Crippen molar-refractivity contribution in [2.75, 3.05) is 70.9 Å². The summed E-state index contributed by atoms with van der Waals surface area (Å²) in [6, 6.07) is 39.8. The SMILES string of the molecule is CC1CCc2cccc3c2[C@H]1Cc1ccc(O)c(OC(=O)CCCN=[N+]=[N-])c1-3.CC1CCc2cccc3c2[C@H]1Cc1ccc(OC(=O)CCCN=[N+]=[N-])c(O)c1-3.CCC(=O)N(CCNC(=O)CCCc1cn(CCCC(=O)Oc2ccc3c(c2O)-c2cccc4c2[C@@H](C3)N(C)CC4)nn1)CCN(CCSCCC(=O)O)C(=O)CCCc1cn(CCCC(=O)Oc2c(O)ccc3c2-c2cccc4c2[C@@H](C3)C(C)CC4)nn1.Cl.Cl.Cl.Cl. The van der Waals surface area contributed by atoms with Crippen molar-refractivity contribution in [3.63, 3.8) is 0 Å². The van der Waals surface area contributed by atoms with Gasteiger partial charge in [0.1, 0.15) is 0 Å². The zero-order valence-electron chi connectivity index (χ0n) is 84.7. The fourth-order valence-corrected chi connectivity index (χ4v) is 23.1. The smallest absolute Gasteiger partial charge is 0.311 e. The average molecular weight is 2140 g/mol. The lowest BCUT2D eigenvalue weighted by Gasteiger charge is -2.39. The van der Waals surface area contributed by atoms with Gasteiger partial charge in [-0.1, -0.05) is 145 Å². The number of nitrogens with one attached hydrogen (secondary N) is 1. The number of thioether (sulfide) groups is 1. The van der Waals surface area contributed by atoms with Gasteiger partial charge in [-0.15, -0.1) is 59.8 Å². The average Bonchev–Trinajstić information content (AvgIpc) is 1.74. The van der Waals surface area contributed by atoms with Crippen LogP contribution in [0.3, 0.4) is 0 Å². The number of aromatic nitrogens is 6. The second-order valence-corrected chi connectivity index (χ2v) is 40.6. The fraction of sp³-hybridized carbons (Fsp3) is 0.459. The summed E-state index contributed by atoms with van der Waals surface area (Å²) < 4.78 is 26.0. The highest BCUT2D eigenvalue weighted by Crippen LogP contribution is 2.58. The van der Waals surface area contributed by atoms with Crippen molar-refractivity contribution in [2.24, 2.45) is 28.0 Å². The number of carbonyl (C=O) groups is 8. The van der Waals surface area contributed by atoms with Crippen LogP contribution in [0.15, 0.2) is 144 Å². The van der Waals surface area contributed by atoms with Crippen LogP contribution in [0.5, 0.6) is 46.0 Å². The Morgan fingerprint density at radius 3 is 1.32 bits per heavy atom. The highest BCUT2D eigenvalue weighted by molar-refractivity contribution is 7.99. The number of amides is 3. The first-order valence-electron chi connectivity index (χ1n) is 51.1. The van der Waals surface area contributed by atoms with E-state index >= 15 is 0 Å². The molecule has 38 heteroatoms. The summed E-state index contributed by atoms with van der Waals surface area (Å²) in [5, 5.41) is 79.7. The largest absolute Gasteiger partial charge is 0.504 e. The standard InChI is InChI=1S/C67H82N10O11S.2C22H23N3O3.4ClH/c1-4-57(80)74(33-29-68-56(79)17-7-13-48-41-76(71-69-48)30-9-19-60(84)87-55-26-24-47-40-53-63-45(27-32-73(53)3)12-6-16-51(63)64(47)66(55)86)34-35-75(36-38-89-37-28-59(82)83)58(81)18-8-14-49-42-77(72-70-49)31-10-20-61(85)88-67-54(78)25-23-46-39-52-43(2)21-22-44-11-5-15-50(62(44)52)65(46)67;1-13-7-8-14-4-2-5-16-20(14)17(13)12-15-9-10-18(22(27)21(15)16)28-19(26)6-3-11-24-25-23;1-13-7-8-14-4-2-5-16-20(14)17(13)12-15-9-10-18(26)22(21(15)16)28-19(27)6-3-11-24-25-23;;;;/h5-6,11-12,15-16,23-26,41-43,52-53,78,86H,4,7-10,13-14,17-22,27-40H2,1-3H3,(H,68,79)(H,82,83);2,4-5,9-10,13,17,27H,3,6-8,11-12H2,1H3;2,4-5,9-10,13,17,26H,3,6-8,11-12H2,1H3;4*1H/t43?,52-,53+;2*13?,17-;;;;/m000..../s1. The maximum Gasteiger partial charge on any atom is 0.311 e. The van der Waals surface area contributed by atoms with Gasteiger partial charge in [-0.2, -0.15) is 11.8 Å². The third-order valence-electron chi connectivity index (χ3n) is 29.8. The number of aliphatic carboxylic acids is 1. The van der Waals surface area contributed by atoms with Crippen molar-refractivity contribution in [1.82, 2.24) is 50.0 Å². The second kappa shape index (κ2) is 54.0. The quantitative estimate of drug-likeness (QED) is 0.00517. The molecule has 1 aliphatic heterocycles. The number of likely N-dealkylation sites (N-methyl/N-ethyl adjacent to an activating group) is 1. The number of halogens is 4. The number of carboxylic acid groups (broad SMARTS) is 1. The number of benzene rings is 8. The van der Waals surface area contributed by atoms with Crippen molar-refractivity contribution < 1.29 is 82.8 Å². The van der Waals surface area contributed by atoms with E-state index in [1.54, 1.807) is 62.7 Å². The van der Waals surface area contributed by atoms with Gasteiger partial charge in [0.05, 0.1) is 17.8 Å². The first-order valence-corrected chi connectivity index (χ1v) is 52.3. The molecule has 0 radical (unpaired) electrons. The Bertz CT molecular complexity index is 6610. The summed E-state index contributed by atoms with van der Waals surface area (Å²) >= 11 is 1.45. The summed E-state index contributed by atoms with van der Waals surface area (Å²) in [6.45, 7) is 12.3. The molecule has 2 aromatic heterocycles. The summed E-state index contributed by atoms with van der Waals surface area (Å²) in [6.07, 6.45) is 19.5. The number of hydrogen-bond acceptors (Lipinski definition) is 24. The Morgan fingerprint density at radius 1 is 0.456 bits per heavy atom. The highest BCUT2D eigenvalue weighted by atomic mass is 35.5. The van der Waals surface area contributed by atoms with Crippen LogP contribution >= 0.6 is 61.4 Å². The molecule has 0 fully saturated rings. The number of phenolic OH excluding ortho intramolecular Hbond substituents is 4. The molecule has 3 heterocycles. The summed E-state index contributed by atoms with van der Waals surface area (Å²) in [5.41, 5.74) is 40.2. The van der Waals surface area contributed by atoms with E-state index in [4.69, 9.17) is 35.1 Å². The molecule has 3 amide bonds. The molecule has 7 aliphatic carbocycles. The van der Waals surface area contributed by atoms with Gasteiger partial charge in [0.25, 0.3) is 0 Å². The van der Waals surface area contributed by atoms with Gasteiger partial charge in [0, 0.05) is 172 Å². The summed E-state index contributed by atoms with van der Waals surface area (Å²) in [4.78, 5) is 113. The molecule has 33 nitrogen and oxygen atoms in total. The van der Waals surface area contributed by atoms with Crippen molar-refractivity contribution in [3.8, 4) is 90.5 Å². The highest BCUT2D eigenvalue weighted by Gasteiger charge is 2.42. The minimum atomic E-state index is -0.890. The van der Waals surface area contributed by atoms with Gasteiger partial charge in [0.2, 0.25) is 17.7 Å². The zero-order chi connectivity index (χ0) is 102. The van der Waals surface area contributed by atoms with Crippen molar-refractivity contribution in [2.45, 2.75) is 238 Å². The van der Waals surface area contributed by atoms with Crippen LogP contribution in [0.4, 0.5) is 0 Å². The molecule has 10 aromatic rings. The van der Waals surface area contributed by atoms with E-state index in [9.17, 15) is 58.8 Å². The topological polar surface area (TPSA) is 455 Å². The van der Waals surface area contributed by atoms with Crippen LogP contribution in [0, 0.1) is 17.8 Å². The van der Waals surface area contributed by atoms with Crippen molar-refractivity contribution >= 4 is 109 Å². The number of carboxylic acids is 1. The normalized spacial score (nSPS) is 16.8. The van der Waals surface area contributed by atoms with Crippen LogP contribution < -0.4 is 24.3 Å². The van der Waals surface area contributed by atoms with Crippen LogP contribution in [0.2, 0.25) is 0 Å². The minimum absolute atomic E-state index is 0. The Kier molecular flexibility index (Phi) is 41.6. The predicted molar refractivity (Wildman–Crippen MR) is 577 cm³/mol. The monoisotopic (exact) mass is 2130 g/mol. The molecule has 792 valence electrons. The number of ether oxygens (including phenoxy) is 4. The first-order chi connectivity index (χ1) is 70.3. The van der Waals surface area contributed by atoms with Gasteiger partial charge in [-0.05, 0) is 289 Å². The molecular formula is C111H132Cl4N16O17S. The van der Waals surface area contributed by atoms with Crippen molar-refractivity contribution in [3.05, 3.63) is 233 Å². The number of phenols is 4. The number of hydrogen-bond donors (Lipinski definition) is 6. The van der Waals surface area contributed by atoms with Crippen LogP contribution in [-0.4, -0.2) is 189 Å². The Hall–Kier alpha value is -12.9. The van der Waals surface area contributed by atoms with E-state index in [2.05, 4.69) is 121 Å². The van der Waals surface area contributed by atoms with E-state index in [-0.39, 0.29) is 210 Å². The predicted octanol–water partition coefficient (Wildman–Crippen LogP) is 20.7.